The third kappa shape index (κ3) is 5.53. The number of benzene rings is 1. The molecule has 0 bridgehead atoms. The molecule has 10 heteroatoms. The molecule has 0 radical (unpaired) electrons. The van der Waals surface area contributed by atoms with E-state index in [1.807, 2.05) is 12.1 Å². The van der Waals surface area contributed by atoms with E-state index < -0.39 is 22.0 Å². The van der Waals surface area contributed by atoms with Crippen LogP contribution < -0.4 is 10.0 Å². The van der Waals surface area contributed by atoms with Crippen molar-refractivity contribution in [3.05, 3.63) is 71.4 Å². The van der Waals surface area contributed by atoms with Crippen LogP contribution in [0.15, 0.2) is 70.7 Å². The van der Waals surface area contributed by atoms with Gasteiger partial charge in [0, 0.05) is 29.6 Å². The Hall–Kier alpha value is -2.56. The Morgan fingerprint density at radius 2 is 1.90 bits per heavy atom. The lowest BCUT2D eigenvalue weighted by molar-refractivity contribution is -0.123. The summed E-state index contributed by atoms with van der Waals surface area (Å²) in [5.74, 6) is 0.0752. The number of pyridine rings is 1. The molecule has 3 rings (SSSR count). The van der Waals surface area contributed by atoms with Crippen LogP contribution in [0.3, 0.4) is 0 Å². The molecule has 0 aliphatic rings. The summed E-state index contributed by atoms with van der Waals surface area (Å²) in [5.41, 5.74) is 0.797. The Kier molecular flexibility index (Phi) is 7.01. The zero-order chi connectivity index (χ0) is 21.7. The molecule has 0 aliphatic heterocycles. The Morgan fingerprint density at radius 1 is 1.17 bits per heavy atom. The smallest absolute Gasteiger partial charge is 0.241 e. The molecule has 30 heavy (non-hydrogen) atoms. The maximum absolute atomic E-state index is 12.7. The van der Waals surface area contributed by atoms with Gasteiger partial charge in [-0.2, -0.15) is 4.72 Å². The first-order valence-electron chi connectivity index (χ1n) is 9.25. The monoisotopic (exact) mass is 491 g/mol. The van der Waals surface area contributed by atoms with Crippen molar-refractivity contribution in [3.63, 3.8) is 0 Å². The van der Waals surface area contributed by atoms with Crippen LogP contribution in [0, 0.1) is 5.92 Å². The number of imidazole rings is 1. The van der Waals surface area contributed by atoms with Gasteiger partial charge in [0.1, 0.15) is 18.2 Å². The SMILES string of the molecule is CC(C)[C@H](NS(=O)(=O)c1ccc(Br)cc1)C(=O)NCc1ccc(-n2ccnc2)nc1. The predicted octanol–water partition coefficient (Wildman–Crippen LogP) is 2.65. The second-order valence-corrected chi connectivity index (χ2v) is 9.64. The lowest BCUT2D eigenvalue weighted by Crippen LogP contribution is -2.49. The zero-order valence-corrected chi connectivity index (χ0v) is 18.9. The molecule has 0 fully saturated rings. The van der Waals surface area contributed by atoms with Crippen LogP contribution in [0.2, 0.25) is 0 Å². The second-order valence-electron chi connectivity index (χ2n) is 7.01. The van der Waals surface area contributed by atoms with Crippen LogP contribution in [-0.2, 0) is 21.4 Å². The van der Waals surface area contributed by atoms with E-state index in [1.165, 1.54) is 12.1 Å². The molecule has 1 amide bonds. The van der Waals surface area contributed by atoms with Crippen LogP contribution in [0.1, 0.15) is 19.4 Å². The highest BCUT2D eigenvalue weighted by Gasteiger charge is 2.28. The molecule has 1 atom stereocenters. The highest BCUT2D eigenvalue weighted by molar-refractivity contribution is 9.10. The molecule has 3 aromatic rings. The van der Waals surface area contributed by atoms with Crippen molar-refractivity contribution in [3.8, 4) is 5.82 Å². The average molecular weight is 492 g/mol. The summed E-state index contributed by atoms with van der Waals surface area (Å²) >= 11 is 3.28. The number of rotatable bonds is 8. The molecule has 1 aromatic carbocycles. The van der Waals surface area contributed by atoms with Crippen LogP contribution in [0.4, 0.5) is 0 Å². The zero-order valence-electron chi connectivity index (χ0n) is 16.5. The van der Waals surface area contributed by atoms with Gasteiger partial charge in [0.05, 0.1) is 4.90 Å². The predicted molar refractivity (Wildman–Crippen MR) is 116 cm³/mol. The largest absolute Gasteiger partial charge is 0.351 e. The Balaban J connectivity index is 1.65. The quantitative estimate of drug-likeness (QED) is 0.503. The van der Waals surface area contributed by atoms with Crippen molar-refractivity contribution in [1.82, 2.24) is 24.6 Å². The van der Waals surface area contributed by atoms with Gasteiger partial charge in [-0.15, -0.1) is 0 Å². The Morgan fingerprint density at radius 3 is 2.47 bits per heavy atom. The third-order valence-corrected chi connectivity index (χ3v) is 6.39. The number of hydrogen-bond acceptors (Lipinski definition) is 5. The topological polar surface area (TPSA) is 106 Å². The van der Waals surface area contributed by atoms with Gasteiger partial charge in [-0.25, -0.2) is 18.4 Å². The van der Waals surface area contributed by atoms with Gasteiger partial charge in [0.25, 0.3) is 0 Å². The average Bonchev–Trinajstić information content (AvgIpc) is 3.26. The summed E-state index contributed by atoms with van der Waals surface area (Å²) in [6.45, 7) is 3.81. The molecule has 0 saturated carbocycles. The van der Waals surface area contributed by atoms with Crippen molar-refractivity contribution < 1.29 is 13.2 Å². The number of sulfonamides is 1. The van der Waals surface area contributed by atoms with Gasteiger partial charge in [-0.05, 0) is 41.8 Å². The molecular formula is C20H22BrN5O3S. The molecule has 0 unspecified atom stereocenters. The third-order valence-electron chi connectivity index (χ3n) is 4.40. The minimum atomic E-state index is -3.83. The fourth-order valence-corrected chi connectivity index (χ4v) is 4.32. The molecular weight excluding hydrogens is 470 g/mol. The minimum absolute atomic E-state index is 0.100. The van der Waals surface area contributed by atoms with Gasteiger partial charge in [0.2, 0.25) is 15.9 Å². The fraction of sp³-hybridized carbons (Fsp3) is 0.250. The van der Waals surface area contributed by atoms with Crippen LogP contribution in [0.5, 0.6) is 0 Å². The number of halogens is 1. The van der Waals surface area contributed by atoms with Crippen LogP contribution >= 0.6 is 15.9 Å². The van der Waals surface area contributed by atoms with E-state index in [0.29, 0.717) is 5.82 Å². The first-order valence-corrected chi connectivity index (χ1v) is 11.5. The number of carbonyl (C=O) groups is 1. The number of hydrogen-bond donors (Lipinski definition) is 2. The molecule has 0 spiro atoms. The maximum Gasteiger partial charge on any atom is 0.241 e. The van der Waals surface area contributed by atoms with Crippen molar-refractivity contribution in [2.24, 2.45) is 5.92 Å². The Bertz CT molecular complexity index is 1080. The molecule has 8 nitrogen and oxygen atoms in total. The molecule has 0 aliphatic carbocycles. The lowest BCUT2D eigenvalue weighted by Gasteiger charge is -2.21. The summed E-state index contributed by atoms with van der Waals surface area (Å²) in [7, 11) is -3.83. The van der Waals surface area contributed by atoms with E-state index in [-0.39, 0.29) is 17.4 Å². The summed E-state index contributed by atoms with van der Waals surface area (Å²) in [5, 5.41) is 2.79. The normalized spacial score (nSPS) is 12.7. The van der Waals surface area contributed by atoms with Gasteiger partial charge >= 0.3 is 0 Å². The summed E-state index contributed by atoms with van der Waals surface area (Å²) in [6.07, 6.45) is 6.76. The number of nitrogens with zero attached hydrogens (tertiary/aromatic N) is 3. The number of carbonyl (C=O) groups excluding carboxylic acids is 1. The standard InChI is InChI=1S/C20H22BrN5O3S/c1-14(2)19(25-30(28,29)17-6-4-16(21)5-7-17)20(27)24-12-15-3-8-18(23-11-15)26-10-9-22-13-26/h3-11,13-14,19,25H,12H2,1-2H3,(H,24,27)/t19-/m0/s1. The van der Waals surface area contributed by atoms with Crippen molar-refractivity contribution in [1.29, 1.82) is 0 Å². The fourth-order valence-electron chi connectivity index (χ4n) is 2.71. The summed E-state index contributed by atoms with van der Waals surface area (Å²) in [6, 6.07) is 9.00. The van der Waals surface area contributed by atoms with Crippen LogP contribution in [-0.4, -0.2) is 34.9 Å². The van der Waals surface area contributed by atoms with Crippen molar-refractivity contribution in [2.75, 3.05) is 0 Å². The van der Waals surface area contributed by atoms with E-state index in [1.54, 1.807) is 55.5 Å². The van der Waals surface area contributed by atoms with E-state index in [2.05, 4.69) is 35.9 Å². The highest BCUT2D eigenvalue weighted by Crippen LogP contribution is 2.16. The van der Waals surface area contributed by atoms with Gasteiger partial charge in [-0.3, -0.25) is 9.36 Å². The van der Waals surface area contributed by atoms with E-state index in [0.717, 1.165) is 10.0 Å². The molecule has 158 valence electrons. The maximum atomic E-state index is 12.7. The van der Waals surface area contributed by atoms with E-state index in [4.69, 9.17) is 0 Å². The minimum Gasteiger partial charge on any atom is -0.351 e. The molecule has 2 aromatic heterocycles. The van der Waals surface area contributed by atoms with Crippen molar-refractivity contribution in [2.45, 2.75) is 31.3 Å². The summed E-state index contributed by atoms with van der Waals surface area (Å²) in [4.78, 5) is 21.1. The van der Waals surface area contributed by atoms with E-state index >= 15 is 0 Å². The number of aromatic nitrogens is 3. The lowest BCUT2D eigenvalue weighted by atomic mass is 10.0. The highest BCUT2D eigenvalue weighted by atomic mass is 79.9. The van der Waals surface area contributed by atoms with Crippen molar-refractivity contribution >= 4 is 31.9 Å². The number of nitrogens with one attached hydrogen (secondary N) is 2. The summed E-state index contributed by atoms with van der Waals surface area (Å²) < 4.78 is 30.4. The Labute approximate surface area is 183 Å². The second kappa shape index (κ2) is 9.50. The first kappa shape index (κ1) is 22.1. The first-order chi connectivity index (χ1) is 14.3. The van der Waals surface area contributed by atoms with Gasteiger partial charge in [-0.1, -0.05) is 35.8 Å². The molecule has 0 saturated heterocycles. The van der Waals surface area contributed by atoms with Gasteiger partial charge in [0.15, 0.2) is 0 Å². The molecule has 2 N–H and O–H groups in total. The van der Waals surface area contributed by atoms with E-state index in [9.17, 15) is 13.2 Å². The van der Waals surface area contributed by atoms with Gasteiger partial charge < -0.3 is 5.32 Å². The number of amides is 1. The molecule has 2 heterocycles. The van der Waals surface area contributed by atoms with Crippen LogP contribution in [0.25, 0.3) is 5.82 Å².